The molecule has 1 aromatic rings. The molecule has 1 fully saturated rings. The number of nitriles is 1. The van der Waals surface area contributed by atoms with E-state index in [9.17, 15) is 0 Å². The van der Waals surface area contributed by atoms with E-state index in [1.807, 2.05) is 24.3 Å². The fourth-order valence-corrected chi connectivity index (χ4v) is 3.32. The van der Waals surface area contributed by atoms with E-state index in [-0.39, 0.29) is 6.61 Å². The topological polar surface area (TPSA) is 45.0 Å². The molecule has 1 N–H and O–H groups in total. The molecule has 0 bridgehead atoms. The third-order valence-electron chi connectivity index (χ3n) is 4.45. The summed E-state index contributed by atoms with van der Waals surface area (Å²) in [6.07, 6.45) is 5.35. The van der Waals surface area contributed by atoms with Gasteiger partial charge in [-0.2, -0.15) is 5.26 Å². The lowest BCUT2D eigenvalue weighted by atomic mass is 9.78. The van der Waals surface area contributed by atoms with E-state index in [1.165, 1.54) is 31.2 Å². The molecular formula is C18H26N2O. The number of nitrogens with zero attached hydrogens (tertiary/aromatic N) is 1. The zero-order chi connectivity index (χ0) is 15.1. The van der Waals surface area contributed by atoms with Gasteiger partial charge in [0, 0.05) is 12.6 Å². The first-order chi connectivity index (χ1) is 10.2. The first-order valence-electron chi connectivity index (χ1n) is 8.02. The summed E-state index contributed by atoms with van der Waals surface area (Å²) in [5.41, 5.74) is 1.22. The Hall–Kier alpha value is -1.53. The summed E-state index contributed by atoms with van der Waals surface area (Å²) in [4.78, 5) is 0. The van der Waals surface area contributed by atoms with Crippen LogP contribution in [-0.4, -0.2) is 12.6 Å². The smallest absolute Gasteiger partial charge is 0.174 e. The maximum absolute atomic E-state index is 8.56. The molecule has 0 spiro atoms. The summed E-state index contributed by atoms with van der Waals surface area (Å²) in [7, 11) is 0. The van der Waals surface area contributed by atoms with Gasteiger partial charge in [0.25, 0.3) is 0 Å². The molecule has 1 aliphatic carbocycles. The van der Waals surface area contributed by atoms with E-state index in [4.69, 9.17) is 10.00 Å². The van der Waals surface area contributed by atoms with Gasteiger partial charge in [-0.25, -0.2) is 0 Å². The summed E-state index contributed by atoms with van der Waals surface area (Å²) in [5.74, 6) is 2.31. The summed E-state index contributed by atoms with van der Waals surface area (Å²) in [6.45, 7) is 5.65. The Morgan fingerprint density at radius 1 is 1.33 bits per heavy atom. The largest absolute Gasteiger partial charge is 0.479 e. The molecule has 3 heteroatoms. The minimum Gasteiger partial charge on any atom is -0.479 e. The molecular weight excluding hydrogens is 260 g/mol. The fourth-order valence-electron chi connectivity index (χ4n) is 3.32. The standard InChI is InChI=1S/C18H26N2O/c1-14(2)17-8-3-4-9-18(17)20-13-15-6-5-7-16(12-15)21-11-10-19/h5-7,12,14,17-18,20H,3-4,8-9,11,13H2,1-2H3. The van der Waals surface area contributed by atoms with Crippen LogP contribution < -0.4 is 10.1 Å². The molecule has 0 amide bonds. The molecule has 114 valence electrons. The van der Waals surface area contributed by atoms with Crippen molar-refractivity contribution in [1.29, 1.82) is 5.26 Å². The van der Waals surface area contributed by atoms with Crippen LogP contribution in [0.5, 0.6) is 5.75 Å². The van der Waals surface area contributed by atoms with Gasteiger partial charge in [0.15, 0.2) is 6.61 Å². The van der Waals surface area contributed by atoms with Crippen molar-refractivity contribution in [2.24, 2.45) is 11.8 Å². The Labute approximate surface area is 128 Å². The van der Waals surface area contributed by atoms with Crippen LogP contribution in [0.4, 0.5) is 0 Å². The van der Waals surface area contributed by atoms with E-state index in [2.05, 4.69) is 25.2 Å². The molecule has 2 atom stereocenters. The Kier molecular flexibility index (Phi) is 6.07. The first kappa shape index (κ1) is 15.9. The van der Waals surface area contributed by atoms with Gasteiger partial charge < -0.3 is 10.1 Å². The minimum atomic E-state index is 0.106. The van der Waals surface area contributed by atoms with Crippen molar-refractivity contribution in [2.75, 3.05) is 6.61 Å². The minimum absolute atomic E-state index is 0.106. The van der Waals surface area contributed by atoms with Crippen LogP contribution in [-0.2, 0) is 6.54 Å². The average Bonchev–Trinajstić information content (AvgIpc) is 2.51. The Balaban J connectivity index is 1.91. The SMILES string of the molecule is CC(C)C1CCCCC1NCc1cccc(OCC#N)c1. The highest BCUT2D eigenvalue weighted by atomic mass is 16.5. The van der Waals surface area contributed by atoms with Gasteiger partial charge in [-0.1, -0.05) is 38.8 Å². The third kappa shape index (κ3) is 4.75. The highest BCUT2D eigenvalue weighted by molar-refractivity contribution is 5.28. The predicted octanol–water partition coefficient (Wildman–Crippen LogP) is 3.89. The summed E-state index contributed by atoms with van der Waals surface area (Å²) in [6, 6.07) is 10.7. The lowest BCUT2D eigenvalue weighted by molar-refractivity contribution is 0.204. The van der Waals surface area contributed by atoms with Crippen molar-refractivity contribution in [3.05, 3.63) is 29.8 Å². The van der Waals surface area contributed by atoms with E-state index < -0.39 is 0 Å². The predicted molar refractivity (Wildman–Crippen MR) is 85.0 cm³/mol. The van der Waals surface area contributed by atoms with Gasteiger partial charge in [0.05, 0.1) is 0 Å². The molecule has 3 nitrogen and oxygen atoms in total. The zero-order valence-corrected chi connectivity index (χ0v) is 13.1. The molecule has 2 unspecified atom stereocenters. The number of nitrogens with one attached hydrogen (secondary N) is 1. The lowest BCUT2D eigenvalue weighted by Crippen LogP contribution is -2.40. The maximum atomic E-state index is 8.56. The van der Waals surface area contributed by atoms with Gasteiger partial charge >= 0.3 is 0 Å². The van der Waals surface area contributed by atoms with Crippen molar-refractivity contribution < 1.29 is 4.74 Å². The van der Waals surface area contributed by atoms with Crippen LogP contribution in [0.3, 0.4) is 0 Å². The quantitative estimate of drug-likeness (QED) is 0.862. The van der Waals surface area contributed by atoms with Gasteiger partial charge in [-0.15, -0.1) is 0 Å². The lowest BCUT2D eigenvalue weighted by Gasteiger charge is -2.35. The Morgan fingerprint density at radius 2 is 2.14 bits per heavy atom. The molecule has 0 aliphatic heterocycles. The maximum Gasteiger partial charge on any atom is 0.174 e. The molecule has 1 saturated carbocycles. The van der Waals surface area contributed by atoms with Crippen LogP contribution in [0.2, 0.25) is 0 Å². The molecule has 0 radical (unpaired) electrons. The zero-order valence-electron chi connectivity index (χ0n) is 13.1. The van der Waals surface area contributed by atoms with Crippen LogP contribution in [0, 0.1) is 23.2 Å². The number of hydrogen-bond acceptors (Lipinski definition) is 3. The van der Waals surface area contributed by atoms with Crippen LogP contribution in [0.15, 0.2) is 24.3 Å². The summed E-state index contributed by atoms with van der Waals surface area (Å²) in [5, 5.41) is 12.3. The molecule has 21 heavy (non-hydrogen) atoms. The molecule has 2 rings (SSSR count). The third-order valence-corrected chi connectivity index (χ3v) is 4.45. The Morgan fingerprint density at radius 3 is 2.90 bits per heavy atom. The van der Waals surface area contributed by atoms with Gasteiger partial charge in [0.1, 0.15) is 11.8 Å². The van der Waals surface area contributed by atoms with Gasteiger partial charge in [-0.05, 0) is 42.4 Å². The van der Waals surface area contributed by atoms with E-state index in [1.54, 1.807) is 0 Å². The fraction of sp³-hybridized carbons (Fsp3) is 0.611. The number of benzene rings is 1. The molecule has 0 aromatic heterocycles. The van der Waals surface area contributed by atoms with Crippen molar-refractivity contribution in [3.8, 4) is 11.8 Å². The van der Waals surface area contributed by atoms with Crippen molar-refractivity contribution in [1.82, 2.24) is 5.32 Å². The van der Waals surface area contributed by atoms with E-state index >= 15 is 0 Å². The molecule has 1 aliphatic rings. The van der Waals surface area contributed by atoms with E-state index in [0.717, 1.165) is 24.1 Å². The van der Waals surface area contributed by atoms with Crippen LogP contribution >= 0.6 is 0 Å². The highest BCUT2D eigenvalue weighted by Gasteiger charge is 2.26. The van der Waals surface area contributed by atoms with Crippen molar-refractivity contribution >= 4 is 0 Å². The number of rotatable bonds is 6. The summed E-state index contributed by atoms with van der Waals surface area (Å²) >= 11 is 0. The second-order valence-electron chi connectivity index (χ2n) is 6.27. The first-order valence-corrected chi connectivity index (χ1v) is 8.02. The van der Waals surface area contributed by atoms with Crippen molar-refractivity contribution in [2.45, 2.75) is 52.1 Å². The molecule has 1 aromatic carbocycles. The number of ether oxygens (including phenoxy) is 1. The summed E-state index contributed by atoms with van der Waals surface area (Å²) < 4.78 is 5.36. The Bertz CT molecular complexity index is 478. The average molecular weight is 286 g/mol. The second kappa shape index (κ2) is 8.05. The van der Waals surface area contributed by atoms with Crippen LogP contribution in [0.1, 0.15) is 45.1 Å². The molecule has 0 heterocycles. The highest BCUT2D eigenvalue weighted by Crippen LogP contribution is 2.30. The molecule has 0 saturated heterocycles. The monoisotopic (exact) mass is 286 g/mol. The van der Waals surface area contributed by atoms with E-state index in [0.29, 0.717) is 6.04 Å². The normalized spacial score (nSPS) is 22.0. The van der Waals surface area contributed by atoms with Gasteiger partial charge in [-0.3, -0.25) is 0 Å². The second-order valence-corrected chi connectivity index (χ2v) is 6.27. The number of hydrogen-bond donors (Lipinski definition) is 1. The van der Waals surface area contributed by atoms with Gasteiger partial charge in [0.2, 0.25) is 0 Å². The van der Waals surface area contributed by atoms with Crippen molar-refractivity contribution in [3.63, 3.8) is 0 Å². The van der Waals surface area contributed by atoms with Crippen LogP contribution in [0.25, 0.3) is 0 Å².